The molecule has 0 saturated heterocycles. The lowest BCUT2D eigenvalue weighted by Crippen LogP contribution is -2.23. The third kappa shape index (κ3) is 6.27. The summed E-state index contributed by atoms with van der Waals surface area (Å²) in [6, 6.07) is 16.0. The highest BCUT2D eigenvalue weighted by Gasteiger charge is 2.27. The first kappa shape index (κ1) is 30.1. The van der Waals surface area contributed by atoms with Crippen LogP contribution in [-0.4, -0.2) is 22.6 Å². The summed E-state index contributed by atoms with van der Waals surface area (Å²) >= 11 is 0. The number of aliphatic imine (C=N–C) groups is 2. The lowest BCUT2D eigenvalue weighted by Gasteiger charge is -2.32. The van der Waals surface area contributed by atoms with Gasteiger partial charge < -0.3 is 10.2 Å². The second-order valence-electron chi connectivity index (χ2n) is 11.1. The Bertz CT molecular complexity index is 1340. The fourth-order valence-electron chi connectivity index (χ4n) is 5.45. The van der Waals surface area contributed by atoms with Gasteiger partial charge >= 0.3 is 0 Å². The normalized spacial score (nSPS) is 12.6. The van der Waals surface area contributed by atoms with Crippen molar-refractivity contribution >= 4 is 23.8 Å². The molecule has 4 heteroatoms. The third-order valence-electron chi connectivity index (χ3n) is 9.13. The Kier molecular flexibility index (Phi) is 9.77. The Balaban J connectivity index is 2.01. The van der Waals surface area contributed by atoms with E-state index in [1.807, 2.05) is 38.1 Å². The van der Waals surface area contributed by atoms with Crippen LogP contribution in [0, 0.1) is 13.8 Å². The number of aromatic hydroxyl groups is 2. The number of aryl methyl sites for hydroxylation is 2. The predicted octanol–water partition coefficient (Wildman–Crippen LogP) is 9.76. The predicted molar refractivity (Wildman–Crippen MR) is 167 cm³/mol. The van der Waals surface area contributed by atoms with Crippen LogP contribution in [0.15, 0.2) is 58.5 Å². The number of hydrogen-bond donors (Lipinski definition) is 2. The lowest BCUT2D eigenvalue weighted by atomic mass is 9.73. The summed E-state index contributed by atoms with van der Waals surface area (Å²) < 4.78 is 0. The van der Waals surface area contributed by atoms with Gasteiger partial charge in [0.1, 0.15) is 11.5 Å². The number of nitrogens with zero attached hydrogens (tertiary/aromatic N) is 2. The van der Waals surface area contributed by atoms with Gasteiger partial charge in [0.25, 0.3) is 0 Å². The number of benzene rings is 3. The van der Waals surface area contributed by atoms with E-state index in [0.29, 0.717) is 22.5 Å². The van der Waals surface area contributed by atoms with Crippen LogP contribution in [0.2, 0.25) is 0 Å². The number of phenols is 2. The minimum absolute atomic E-state index is 0.0445. The van der Waals surface area contributed by atoms with Crippen molar-refractivity contribution in [3.05, 3.63) is 81.9 Å². The van der Waals surface area contributed by atoms with Crippen molar-refractivity contribution in [1.29, 1.82) is 0 Å². The van der Waals surface area contributed by atoms with Crippen molar-refractivity contribution in [3.8, 4) is 11.5 Å². The van der Waals surface area contributed by atoms with Gasteiger partial charge in [-0.25, -0.2) is 0 Å². The molecule has 0 aliphatic heterocycles. The SMILES string of the molecule is CCC(C)(CC)c1cc(C)c(O)c(C=Nc2ccccc2N=Cc2cc(C(CC)(CC)CC)cc(C)c2O)c1. The van der Waals surface area contributed by atoms with E-state index in [0.717, 1.165) is 43.2 Å². The molecule has 39 heavy (non-hydrogen) atoms. The second kappa shape index (κ2) is 12.6. The van der Waals surface area contributed by atoms with Gasteiger partial charge in [0.2, 0.25) is 0 Å². The minimum atomic E-state index is 0.0445. The molecule has 0 aliphatic carbocycles. The zero-order chi connectivity index (χ0) is 28.8. The summed E-state index contributed by atoms with van der Waals surface area (Å²) in [5.74, 6) is 0.509. The van der Waals surface area contributed by atoms with Crippen molar-refractivity contribution in [2.24, 2.45) is 9.98 Å². The van der Waals surface area contributed by atoms with E-state index in [1.54, 1.807) is 12.4 Å². The molecule has 0 aromatic heterocycles. The highest BCUT2D eigenvalue weighted by atomic mass is 16.3. The van der Waals surface area contributed by atoms with Gasteiger partial charge in [0.05, 0.1) is 11.4 Å². The molecule has 0 saturated carbocycles. The van der Waals surface area contributed by atoms with Crippen molar-refractivity contribution in [2.45, 2.75) is 98.3 Å². The monoisotopic (exact) mass is 526 g/mol. The summed E-state index contributed by atoms with van der Waals surface area (Å²) in [5.41, 5.74) is 7.10. The smallest absolute Gasteiger partial charge is 0.127 e. The van der Waals surface area contributed by atoms with Gasteiger partial charge in [-0.05, 0) is 103 Å². The van der Waals surface area contributed by atoms with Crippen LogP contribution in [0.4, 0.5) is 11.4 Å². The maximum atomic E-state index is 10.8. The van der Waals surface area contributed by atoms with Crippen LogP contribution in [0.1, 0.15) is 107 Å². The first-order valence-electron chi connectivity index (χ1n) is 14.4. The summed E-state index contributed by atoms with van der Waals surface area (Å²) in [6.07, 6.45) is 8.63. The molecule has 3 aromatic carbocycles. The molecular formula is C35H46N2O2. The summed E-state index contributed by atoms with van der Waals surface area (Å²) in [4.78, 5) is 9.49. The molecule has 2 N–H and O–H groups in total. The minimum Gasteiger partial charge on any atom is -0.507 e. The zero-order valence-electron chi connectivity index (χ0n) is 25.1. The maximum Gasteiger partial charge on any atom is 0.127 e. The highest BCUT2D eigenvalue weighted by molar-refractivity contribution is 5.90. The van der Waals surface area contributed by atoms with Crippen LogP contribution in [0.5, 0.6) is 11.5 Å². The Morgan fingerprint density at radius 3 is 1.46 bits per heavy atom. The standard InChI is InChI=1S/C35H46N2O2/c1-9-34(8,10-2)28-18-24(6)32(38)26(20-28)22-36-30-16-14-15-17-31(30)37-23-27-21-29(19-25(7)33(27)39)35(11-3,12-4)13-5/h14-23,38-39H,9-13H2,1-8H3. The molecule has 0 bridgehead atoms. The number of hydrogen-bond acceptors (Lipinski definition) is 4. The van der Waals surface area contributed by atoms with Gasteiger partial charge in [-0.15, -0.1) is 0 Å². The molecule has 0 atom stereocenters. The molecular weight excluding hydrogens is 480 g/mol. The van der Waals surface area contributed by atoms with Crippen molar-refractivity contribution in [3.63, 3.8) is 0 Å². The summed E-state index contributed by atoms with van der Waals surface area (Å²) in [5, 5.41) is 21.6. The second-order valence-corrected chi connectivity index (χ2v) is 11.1. The Morgan fingerprint density at radius 2 is 1.05 bits per heavy atom. The molecule has 0 amide bonds. The lowest BCUT2D eigenvalue weighted by molar-refractivity contribution is 0.380. The Hall–Kier alpha value is -3.40. The average Bonchev–Trinajstić information content (AvgIpc) is 2.95. The van der Waals surface area contributed by atoms with Crippen LogP contribution < -0.4 is 0 Å². The Morgan fingerprint density at radius 1 is 0.641 bits per heavy atom. The molecule has 3 rings (SSSR count). The molecule has 0 radical (unpaired) electrons. The molecule has 0 aliphatic rings. The van der Waals surface area contributed by atoms with Crippen molar-refractivity contribution < 1.29 is 10.2 Å². The van der Waals surface area contributed by atoms with E-state index in [4.69, 9.17) is 9.98 Å². The van der Waals surface area contributed by atoms with Crippen molar-refractivity contribution in [2.75, 3.05) is 0 Å². The summed E-state index contributed by atoms with van der Waals surface area (Å²) in [7, 11) is 0. The van der Waals surface area contributed by atoms with Crippen LogP contribution in [0.3, 0.4) is 0 Å². The third-order valence-corrected chi connectivity index (χ3v) is 9.13. The highest BCUT2D eigenvalue weighted by Crippen LogP contribution is 2.39. The molecule has 3 aromatic rings. The van der Waals surface area contributed by atoms with E-state index >= 15 is 0 Å². The fourth-order valence-corrected chi connectivity index (χ4v) is 5.45. The van der Waals surface area contributed by atoms with E-state index in [2.05, 4.69) is 65.8 Å². The fraction of sp³-hybridized carbons (Fsp3) is 0.429. The number of phenolic OH excluding ortho intramolecular Hbond substituents is 2. The largest absolute Gasteiger partial charge is 0.507 e. The van der Waals surface area contributed by atoms with Crippen molar-refractivity contribution in [1.82, 2.24) is 0 Å². The van der Waals surface area contributed by atoms with Gasteiger partial charge in [0.15, 0.2) is 0 Å². The van der Waals surface area contributed by atoms with Gasteiger partial charge in [0, 0.05) is 23.6 Å². The number of rotatable bonds is 11. The summed E-state index contributed by atoms with van der Waals surface area (Å²) in [6.45, 7) is 17.3. The van der Waals surface area contributed by atoms with Gasteiger partial charge in [-0.3, -0.25) is 9.98 Å². The van der Waals surface area contributed by atoms with E-state index in [-0.39, 0.29) is 22.3 Å². The molecule has 4 nitrogen and oxygen atoms in total. The quantitative estimate of drug-likeness (QED) is 0.244. The van der Waals surface area contributed by atoms with E-state index in [9.17, 15) is 10.2 Å². The van der Waals surface area contributed by atoms with Crippen LogP contribution in [-0.2, 0) is 10.8 Å². The maximum absolute atomic E-state index is 10.8. The van der Waals surface area contributed by atoms with Crippen LogP contribution in [0.25, 0.3) is 0 Å². The first-order chi connectivity index (χ1) is 18.6. The topological polar surface area (TPSA) is 65.2 Å². The van der Waals surface area contributed by atoms with Crippen LogP contribution >= 0.6 is 0 Å². The molecule has 0 spiro atoms. The van der Waals surface area contributed by atoms with Gasteiger partial charge in [-0.2, -0.15) is 0 Å². The van der Waals surface area contributed by atoms with E-state index < -0.39 is 0 Å². The zero-order valence-corrected chi connectivity index (χ0v) is 25.1. The van der Waals surface area contributed by atoms with E-state index in [1.165, 1.54) is 11.1 Å². The molecule has 0 heterocycles. The number of para-hydroxylation sites is 2. The average molecular weight is 527 g/mol. The molecule has 0 unspecified atom stereocenters. The molecule has 0 fully saturated rings. The Labute approximate surface area is 235 Å². The first-order valence-corrected chi connectivity index (χ1v) is 14.4. The van der Waals surface area contributed by atoms with Gasteiger partial charge in [-0.1, -0.05) is 65.8 Å². The molecule has 208 valence electrons.